The highest BCUT2D eigenvalue weighted by Gasteiger charge is 2.23. The number of aromatic nitrogens is 4. The van der Waals surface area contributed by atoms with E-state index in [4.69, 9.17) is 24.4 Å². The lowest BCUT2D eigenvalue weighted by Gasteiger charge is -2.11. The predicted octanol–water partition coefficient (Wildman–Crippen LogP) is 10.6. The molecule has 0 saturated carbocycles. The standard InChI is InChI=1S/C42H24N4O/c1-2-9-26(10-3-1)40-44-41(46-42(45-40)39-38-34-13-6-7-16-35(34)47-36(38)23-24-43-39)27-19-17-25(18-20-27)28-21-22-33-30-12-5-4-11-29(30)32-15-8-14-31(28)37(32)33/h1-24H. The van der Waals surface area contributed by atoms with Gasteiger partial charge in [-0.1, -0.05) is 127 Å². The molecule has 6 aromatic carbocycles. The largest absolute Gasteiger partial charge is 0.456 e. The molecule has 5 heteroatoms. The minimum absolute atomic E-state index is 0.502. The van der Waals surface area contributed by atoms with Crippen molar-refractivity contribution in [2.75, 3.05) is 0 Å². The molecule has 0 N–H and O–H groups in total. The van der Waals surface area contributed by atoms with Crippen LogP contribution in [0.15, 0.2) is 150 Å². The zero-order valence-corrected chi connectivity index (χ0v) is 25.1. The molecule has 0 bridgehead atoms. The fourth-order valence-electron chi connectivity index (χ4n) is 7.03. The Morgan fingerprint density at radius 1 is 0.362 bits per heavy atom. The topological polar surface area (TPSA) is 64.7 Å². The molecule has 10 rings (SSSR count). The molecule has 5 nitrogen and oxygen atoms in total. The highest BCUT2D eigenvalue weighted by molar-refractivity contribution is 6.18. The first kappa shape index (κ1) is 25.8. The van der Waals surface area contributed by atoms with E-state index in [2.05, 4.69) is 78.9 Å². The summed E-state index contributed by atoms with van der Waals surface area (Å²) in [5, 5.41) is 4.44. The third-order valence-corrected chi connectivity index (χ3v) is 9.17. The minimum Gasteiger partial charge on any atom is -0.456 e. The molecule has 218 valence electrons. The Bertz CT molecular complexity index is 2650. The molecular weight excluding hydrogens is 576 g/mol. The van der Waals surface area contributed by atoms with Crippen LogP contribution in [0.25, 0.3) is 100 Å². The Balaban J connectivity index is 1.12. The third kappa shape index (κ3) is 3.97. The maximum absolute atomic E-state index is 6.16. The zero-order valence-electron chi connectivity index (χ0n) is 25.1. The summed E-state index contributed by atoms with van der Waals surface area (Å²) in [5.41, 5.74) is 11.6. The van der Waals surface area contributed by atoms with E-state index in [9.17, 15) is 0 Å². The lowest BCUT2D eigenvalue weighted by Crippen LogP contribution is -2.01. The number of nitrogens with zero attached hydrogens (tertiary/aromatic N) is 4. The summed E-state index contributed by atoms with van der Waals surface area (Å²) in [6.07, 6.45) is 1.75. The van der Waals surface area contributed by atoms with Crippen molar-refractivity contribution in [3.05, 3.63) is 146 Å². The summed E-state index contributed by atoms with van der Waals surface area (Å²) in [7, 11) is 0. The van der Waals surface area contributed by atoms with Gasteiger partial charge in [-0.15, -0.1) is 0 Å². The molecule has 0 unspecified atom stereocenters. The second kappa shape index (κ2) is 10.0. The Hall–Kier alpha value is -6.46. The molecule has 3 heterocycles. The van der Waals surface area contributed by atoms with Gasteiger partial charge in [-0.3, -0.25) is 4.98 Å². The van der Waals surface area contributed by atoms with Gasteiger partial charge in [-0.25, -0.2) is 15.0 Å². The maximum Gasteiger partial charge on any atom is 0.183 e. The van der Waals surface area contributed by atoms with Crippen molar-refractivity contribution in [2.45, 2.75) is 0 Å². The van der Waals surface area contributed by atoms with Crippen LogP contribution >= 0.6 is 0 Å². The lowest BCUT2D eigenvalue weighted by molar-refractivity contribution is 0.668. The van der Waals surface area contributed by atoms with E-state index in [1.165, 1.54) is 38.6 Å². The number of hydrogen-bond acceptors (Lipinski definition) is 5. The summed E-state index contributed by atoms with van der Waals surface area (Å²) < 4.78 is 6.16. The van der Waals surface area contributed by atoms with Crippen molar-refractivity contribution in [2.24, 2.45) is 0 Å². The van der Waals surface area contributed by atoms with Gasteiger partial charge in [-0.2, -0.15) is 0 Å². The second-order valence-electron chi connectivity index (χ2n) is 11.8. The average Bonchev–Trinajstić information content (AvgIpc) is 3.69. The number of furan rings is 1. The molecule has 0 fully saturated rings. The van der Waals surface area contributed by atoms with Crippen LogP contribution in [-0.2, 0) is 0 Å². The summed E-state index contributed by atoms with van der Waals surface area (Å²) >= 11 is 0. The molecule has 0 radical (unpaired) electrons. The SMILES string of the molecule is c1ccc(-c2nc(-c3ccc(-c4ccc5c6c(cccc46)-c4ccccc4-5)cc3)nc(-c3nccc4oc5ccccc5c34)n2)cc1. The molecule has 0 spiro atoms. The van der Waals surface area contributed by atoms with Gasteiger partial charge in [0.15, 0.2) is 17.5 Å². The van der Waals surface area contributed by atoms with E-state index >= 15 is 0 Å². The number of benzene rings is 6. The fraction of sp³-hybridized carbons (Fsp3) is 0. The van der Waals surface area contributed by atoms with Crippen molar-refractivity contribution >= 4 is 32.7 Å². The van der Waals surface area contributed by atoms with E-state index in [-0.39, 0.29) is 0 Å². The molecule has 0 aliphatic heterocycles. The van der Waals surface area contributed by atoms with Crippen LogP contribution in [0.5, 0.6) is 0 Å². The first-order valence-corrected chi connectivity index (χ1v) is 15.6. The van der Waals surface area contributed by atoms with Crippen LogP contribution < -0.4 is 0 Å². The maximum atomic E-state index is 6.16. The molecular formula is C42H24N4O. The first-order chi connectivity index (χ1) is 23.3. The predicted molar refractivity (Wildman–Crippen MR) is 189 cm³/mol. The Kier molecular flexibility index (Phi) is 5.51. The quantitative estimate of drug-likeness (QED) is 0.201. The van der Waals surface area contributed by atoms with E-state index < -0.39 is 0 Å². The normalized spacial score (nSPS) is 11.8. The van der Waals surface area contributed by atoms with Crippen molar-refractivity contribution < 1.29 is 4.42 Å². The highest BCUT2D eigenvalue weighted by atomic mass is 16.3. The average molecular weight is 601 g/mol. The van der Waals surface area contributed by atoms with Crippen molar-refractivity contribution in [3.63, 3.8) is 0 Å². The second-order valence-corrected chi connectivity index (χ2v) is 11.8. The summed E-state index contributed by atoms with van der Waals surface area (Å²) in [4.78, 5) is 19.7. The molecule has 0 atom stereocenters. The van der Waals surface area contributed by atoms with E-state index in [1.807, 2.05) is 60.7 Å². The minimum atomic E-state index is 0.502. The summed E-state index contributed by atoms with van der Waals surface area (Å²) in [6, 6.07) is 48.2. The van der Waals surface area contributed by atoms with Gasteiger partial charge in [0, 0.05) is 22.7 Å². The van der Waals surface area contributed by atoms with Crippen LogP contribution in [0.3, 0.4) is 0 Å². The Morgan fingerprint density at radius 2 is 0.957 bits per heavy atom. The van der Waals surface area contributed by atoms with E-state index in [0.717, 1.165) is 38.6 Å². The van der Waals surface area contributed by atoms with Crippen molar-refractivity contribution in [1.29, 1.82) is 0 Å². The molecule has 3 aromatic heterocycles. The van der Waals surface area contributed by atoms with Gasteiger partial charge in [0.1, 0.15) is 16.9 Å². The van der Waals surface area contributed by atoms with Gasteiger partial charge in [0.2, 0.25) is 0 Å². The van der Waals surface area contributed by atoms with Crippen LogP contribution in [0.4, 0.5) is 0 Å². The van der Waals surface area contributed by atoms with E-state index in [0.29, 0.717) is 23.2 Å². The zero-order chi connectivity index (χ0) is 30.9. The van der Waals surface area contributed by atoms with E-state index in [1.54, 1.807) is 6.20 Å². The number of fused-ring (bicyclic) bond motifs is 6. The fourth-order valence-corrected chi connectivity index (χ4v) is 7.03. The van der Waals surface area contributed by atoms with Gasteiger partial charge >= 0.3 is 0 Å². The highest BCUT2D eigenvalue weighted by Crippen LogP contribution is 2.49. The Morgan fingerprint density at radius 3 is 1.77 bits per heavy atom. The molecule has 9 aromatic rings. The summed E-state index contributed by atoms with van der Waals surface area (Å²) in [5.74, 6) is 1.68. The van der Waals surface area contributed by atoms with Crippen molar-refractivity contribution in [3.8, 4) is 67.7 Å². The smallest absolute Gasteiger partial charge is 0.183 e. The van der Waals surface area contributed by atoms with Gasteiger partial charge in [0.05, 0.1) is 5.39 Å². The van der Waals surface area contributed by atoms with Gasteiger partial charge in [0.25, 0.3) is 0 Å². The number of rotatable bonds is 4. The van der Waals surface area contributed by atoms with Gasteiger partial charge in [-0.05, 0) is 56.3 Å². The van der Waals surface area contributed by atoms with Crippen LogP contribution in [0.2, 0.25) is 0 Å². The van der Waals surface area contributed by atoms with Crippen LogP contribution in [0.1, 0.15) is 0 Å². The summed E-state index contributed by atoms with van der Waals surface area (Å²) in [6.45, 7) is 0. The Labute approximate surface area is 269 Å². The number of pyridine rings is 1. The third-order valence-electron chi connectivity index (χ3n) is 9.17. The molecule has 0 saturated heterocycles. The van der Waals surface area contributed by atoms with Crippen molar-refractivity contribution in [1.82, 2.24) is 19.9 Å². The number of para-hydroxylation sites is 1. The van der Waals surface area contributed by atoms with Gasteiger partial charge < -0.3 is 4.42 Å². The molecule has 47 heavy (non-hydrogen) atoms. The molecule has 0 amide bonds. The molecule has 1 aliphatic rings. The number of hydrogen-bond donors (Lipinski definition) is 0. The van der Waals surface area contributed by atoms with Crippen LogP contribution in [0, 0.1) is 0 Å². The van der Waals surface area contributed by atoms with Crippen LogP contribution in [-0.4, -0.2) is 19.9 Å². The lowest BCUT2D eigenvalue weighted by atomic mass is 9.94. The molecule has 1 aliphatic carbocycles. The first-order valence-electron chi connectivity index (χ1n) is 15.6. The monoisotopic (exact) mass is 600 g/mol.